The minimum atomic E-state index is -0.387. The summed E-state index contributed by atoms with van der Waals surface area (Å²) in [5.41, 5.74) is 1.53. The van der Waals surface area contributed by atoms with Gasteiger partial charge in [-0.2, -0.15) is 0 Å². The molecule has 0 N–H and O–H groups in total. The predicted octanol–water partition coefficient (Wildman–Crippen LogP) is 8.01. The molecule has 5 rings (SSSR count). The third-order valence-electron chi connectivity index (χ3n) is 15.5. The number of methoxy groups -OCH3 is 2. The van der Waals surface area contributed by atoms with Crippen molar-refractivity contribution in [3.05, 3.63) is 12.2 Å². The summed E-state index contributed by atoms with van der Waals surface area (Å²) >= 11 is 0. The van der Waals surface area contributed by atoms with Gasteiger partial charge in [-0.3, -0.25) is 19.2 Å². The average Bonchev–Trinajstić information content (AvgIpc) is 3.43. The summed E-state index contributed by atoms with van der Waals surface area (Å²) in [6.45, 7) is 19.5. The molecule has 10 atom stereocenters. The second-order valence-corrected chi connectivity index (χ2v) is 17.7. The van der Waals surface area contributed by atoms with Crippen molar-refractivity contribution < 1.29 is 38.1 Å². The van der Waals surface area contributed by atoms with Crippen LogP contribution in [-0.2, 0) is 38.1 Å². The number of ether oxygens (including phenoxy) is 4. The molecule has 0 aromatic rings. The third kappa shape index (κ3) is 6.03. The second kappa shape index (κ2) is 13.4. The summed E-state index contributed by atoms with van der Waals surface area (Å²) in [5.74, 6) is 1.02. The lowest BCUT2D eigenvalue weighted by Gasteiger charge is -2.73. The zero-order chi connectivity index (χ0) is 35.3. The summed E-state index contributed by atoms with van der Waals surface area (Å²) in [5, 5.41) is 0. The van der Waals surface area contributed by atoms with Gasteiger partial charge in [0.15, 0.2) is 0 Å². The Balaban J connectivity index is 1.36. The van der Waals surface area contributed by atoms with Crippen LogP contribution in [0.15, 0.2) is 12.2 Å². The smallest absolute Gasteiger partial charge is 0.306 e. The molecule has 0 spiro atoms. The van der Waals surface area contributed by atoms with Gasteiger partial charge in [-0.25, -0.2) is 0 Å². The van der Waals surface area contributed by atoms with E-state index in [4.69, 9.17) is 18.9 Å². The van der Waals surface area contributed by atoms with Crippen LogP contribution in [0.5, 0.6) is 0 Å². The Kier molecular flexibility index (Phi) is 10.3. The van der Waals surface area contributed by atoms with Crippen molar-refractivity contribution >= 4 is 23.9 Å². The highest BCUT2D eigenvalue weighted by molar-refractivity contribution is 5.78. The molecule has 0 aliphatic heterocycles. The molecule has 270 valence electrons. The predicted molar refractivity (Wildman–Crippen MR) is 182 cm³/mol. The number of hydrogen-bond donors (Lipinski definition) is 0. The van der Waals surface area contributed by atoms with E-state index in [2.05, 4.69) is 48.1 Å². The number of allylic oxidation sites excluding steroid dienone is 1. The SMILES string of the molecule is C=C(C)[C@@H]1CC[C@]2(COC(=O)CCC(=O)OC)CC[C@]3(C)[C@H](CC[C@@H]4[C@@]5(C)CC[C@H](OC(=O)CCC(=O)OC)C(C)(C)[C@H]5CC[C@]43C)[C@@H]12. The maximum absolute atomic E-state index is 12.8. The highest BCUT2D eigenvalue weighted by Gasteiger charge is 2.71. The highest BCUT2D eigenvalue weighted by Crippen LogP contribution is 2.77. The number of hydrogen-bond acceptors (Lipinski definition) is 8. The van der Waals surface area contributed by atoms with Gasteiger partial charge in [0.05, 0.1) is 46.5 Å². The number of fused-ring (bicyclic) bond motifs is 7. The first-order valence-corrected chi connectivity index (χ1v) is 18.6. The van der Waals surface area contributed by atoms with E-state index in [9.17, 15) is 19.2 Å². The van der Waals surface area contributed by atoms with Crippen molar-refractivity contribution in [3.63, 3.8) is 0 Å². The summed E-state index contributed by atoms with van der Waals surface area (Å²) in [7, 11) is 2.68. The number of carbonyl (C=O) groups is 4. The molecular weight excluding hydrogens is 608 g/mol. The van der Waals surface area contributed by atoms with Crippen LogP contribution in [0.1, 0.15) is 131 Å². The topological polar surface area (TPSA) is 105 Å². The third-order valence-corrected chi connectivity index (χ3v) is 15.5. The molecule has 0 amide bonds. The fourth-order valence-electron chi connectivity index (χ4n) is 12.8. The van der Waals surface area contributed by atoms with Gasteiger partial charge in [0.25, 0.3) is 0 Å². The van der Waals surface area contributed by atoms with Crippen molar-refractivity contribution in [2.75, 3.05) is 20.8 Å². The molecule has 0 saturated heterocycles. The number of esters is 4. The summed E-state index contributed by atoms with van der Waals surface area (Å²) in [4.78, 5) is 48.9. The van der Waals surface area contributed by atoms with E-state index in [0.717, 1.165) is 51.4 Å². The van der Waals surface area contributed by atoms with Crippen LogP contribution in [0, 0.1) is 56.7 Å². The van der Waals surface area contributed by atoms with Crippen LogP contribution < -0.4 is 0 Å². The Bertz CT molecular complexity index is 1290. The van der Waals surface area contributed by atoms with E-state index >= 15 is 0 Å². The quantitative estimate of drug-likeness (QED) is 0.131. The Morgan fingerprint density at radius 3 is 1.92 bits per heavy atom. The maximum Gasteiger partial charge on any atom is 0.306 e. The minimum Gasteiger partial charge on any atom is -0.469 e. The molecule has 48 heavy (non-hydrogen) atoms. The first-order valence-electron chi connectivity index (χ1n) is 18.6. The second-order valence-electron chi connectivity index (χ2n) is 17.7. The van der Waals surface area contributed by atoms with Crippen LogP contribution in [0.3, 0.4) is 0 Å². The monoisotopic (exact) mass is 670 g/mol. The Morgan fingerprint density at radius 2 is 1.29 bits per heavy atom. The number of carbonyl (C=O) groups excluding carboxylic acids is 4. The maximum atomic E-state index is 12.8. The Morgan fingerprint density at radius 1 is 0.667 bits per heavy atom. The molecule has 0 aromatic heterocycles. The van der Waals surface area contributed by atoms with E-state index in [1.807, 2.05) is 0 Å². The summed E-state index contributed by atoms with van der Waals surface area (Å²) < 4.78 is 21.6. The largest absolute Gasteiger partial charge is 0.469 e. The lowest BCUT2D eigenvalue weighted by atomic mass is 9.32. The van der Waals surface area contributed by atoms with Gasteiger partial charge in [-0.15, -0.1) is 0 Å². The lowest BCUT2D eigenvalue weighted by Crippen LogP contribution is -2.67. The van der Waals surface area contributed by atoms with Gasteiger partial charge in [0.1, 0.15) is 6.10 Å². The first kappa shape index (κ1) is 36.9. The molecule has 5 aliphatic rings. The molecule has 8 heteroatoms. The average molecular weight is 671 g/mol. The van der Waals surface area contributed by atoms with Gasteiger partial charge in [0.2, 0.25) is 0 Å². The molecule has 0 unspecified atom stereocenters. The van der Waals surface area contributed by atoms with Crippen molar-refractivity contribution in [1.82, 2.24) is 0 Å². The molecule has 5 saturated carbocycles. The van der Waals surface area contributed by atoms with Gasteiger partial charge in [-0.05, 0) is 117 Å². The van der Waals surface area contributed by atoms with E-state index in [0.29, 0.717) is 36.2 Å². The normalized spacial score (nSPS) is 41.0. The first-order chi connectivity index (χ1) is 22.5. The standard InChI is InChI=1S/C40H62O8/c1-25(2)26-16-21-40(24-47-33(43)14-12-31(41)45-8)23-22-38(6)27(35(26)40)10-11-29-37(5)19-18-30(48-34(44)15-13-32(42)46-9)36(3,4)28(37)17-20-39(29,38)7/h26-30,35H,1,10-24H2,2-9H3/t26-,27+,28+,29+,30-,35+,37-,38+,39+,40+/m0/s1. The Labute approximate surface area is 288 Å². The van der Waals surface area contributed by atoms with Crippen LogP contribution in [0.4, 0.5) is 0 Å². The zero-order valence-corrected chi connectivity index (χ0v) is 31.0. The van der Waals surface area contributed by atoms with Crippen molar-refractivity contribution in [3.8, 4) is 0 Å². The number of rotatable bonds is 10. The van der Waals surface area contributed by atoms with Crippen LogP contribution >= 0.6 is 0 Å². The highest BCUT2D eigenvalue weighted by atomic mass is 16.5. The van der Waals surface area contributed by atoms with Gasteiger partial charge in [-0.1, -0.05) is 46.8 Å². The molecular formula is C40H62O8. The molecule has 0 aromatic carbocycles. The van der Waals surface area contributed by atoms with Crippen molar-refractivity contribution in [2.24, 2.45) is 56.7 Å². The molecule has 0 heterocycles. The minimum absolute atomic E-state index is 0.0448. The van der Waals surface area contributed by atoms with Gasteiger partial charge in [0, 0.05) is 10.8 Å². The van der Waals surface area contributed by atoms with E-state index in [1.165, 1.54) is 32.6 Å². The van der Waals surface area contributed by atoms with E-state index in [-0.39, 0.29) is 82.7 Å². The molecule has 0 bridgehead atoms. The molecule has 0 radical (unpaired) electrons. The molecule has 5 fully saturated rings. The Hall–Kier alpha value is -2.38. The molecule has 5 aliphatic carbocycles. The summed E-state index contributed by atoms with van der Waals surface area (Å²) in [6.07, 6.45) is 10.9. The molecule has 8 nitrogen and oxygen atoms in total. The lowest BCUT2D eigenvalue weighted by molar-refractivity contribution is -0.252. The van der Waals surface area contributed by atoms with Crippen LogP contribution in [0.2, 0.25) is 0 Å². The van der Waals surface area contributed by atoms with Crippen LogP contribution in [-0.4, -0.2) is 50.8 Å². The fourth-order valence-corrected chi connectivity index (χ4v) is 12.8. The fraction of sp³-hybridized carbons (Fsp3) is 0.850. The summed E-state index contributed by atoms with van der Waals surface area (Å²) in [6, 6.07) is 0. The zero-order valence-electron chi connectivity index (χ0n) is 31.0. The van der Waals surface area contributed by atoms with Gasteiger partial charge >= 0.3 is 23.9 Å². The van der Waals surface area contributed by atoms with Gasteiger partial charge < -0.3 is 18.9 Å². The van der Waals surface area contributed by atoms with E-state index in [1.54, 1.807) is 0 Å². The van der Waals surface area contributed by atoms with E-state index < -0.39 is 0 Å². The van der Waals surface area contributed by atoms with Crippen molar-refractivity contribution in [2.45, 2.75) is 138 Å². The van der Waals surface area contributed by atoms with Crippen molar-refractivity contribution in [1.29, 1.82) is 0 Å². The van der Waals surface area contributed by atoms with Crippen LogP contribution in [0.25, 0.3) is 0 Å².